The summed E-state index contributed by atoms with van der Waals surface area (Å²) in [4.78, 5) is 50.1. The minimum Gasteiger partial charge on any atom is -0.478 e. The summed E-state index contributed by atoms with van der Waals surface area (Å²) in [5, 5.41) is 11.6. The summed E-state index contributed by atoms with van der Waals surface area (Å²) in [6.45, 7) is 1.67. The zero-order valence-electron chi connectivity index (χ0n) is 16.7. The Kier molecular flexibility index (Phi) is 5.38. The second kappa shape index (κ2) is 8.16. The average Bonchev–Trinajstić information content (AvgIpc) is 3.22. The highest BCUT2D eigenvalue weighted by molar-refractivity contribution is 6.39. The quantitative estimate of drug-likeness (QED) is 0.465. The van der Waals surface area contributed by atoms with E-state index < -0.39 is 23.8 Å². The van der Waals surface area contributed by atoms with Crippen LogP contribution in [0.1, 0.15) is 21.6 Å². The molecule has 1 fully saturated rings. The molecular weight excluding hydrogens is 434 g/mol. The van der Waals surface area contributed by atoms with Crippen molar-refractivity contribution in [1.82, 2.24) is 9.88 Å². The molecule has 4 rings (SSSR count). The number of benzene rings is 2. The Bertz CT molecular complexity index is 1310. The van der Waals surface area contributed by atoms with E-state index in [0.29, 0.717) is 22.0 Å². The number of carboxylic acid groups (broad SMARTS) is 1. The fraction of sp³-hybridized carbons (Fsp3) is 0.0435. The van der Waals surface area contributed by atoms with E-state index in [1.165, 1.54) is 18.2 Å². The number of barbiturate groups is 1. The minimum atomic E-state index is -1.04. The molecule has 4 amide bonds. The van der Waals surface area contributed by atoms with E-state index in [2.05, 4.69) is 5.32 Å². The number of urea groups is 1. The first kappa shape index (κ1) is 21.1. The number of aromatic nitrogens is 1. The number of carbonyl (C=O) groups is 4. The van der Waals surface area contributed by atoms with Gasteiger partial charge in [-0.05, 0) is 67.1 Å². The van der Waals surface area contributed by atoms with Crippen molar-refractivity contribution in [3.63, 3.8) is 0 Å². The van der Waals surface area contributed by atoms with Crippen molar-refractivity contribution >= 4 is 47.2 Å². The van der Waals surface area contributed by atoms with E-state index in [0.717, 1.165) is 4.90 Å². The molecule has 0 aliphatic carbocycles. The van der Waals surface area contributed by atoms with Gasteiger partial charge in [0, 0.05) is 22.6 Å². The molecule has 1 aliphatic rings. The number of anilines is 1. The number of nitrogens with zero attached hydrogens (tertiary/aromatic N) is 2. The van der Waals surface area contributed by atoms with Gasteiger partial charge in [-0.3, -0.25) is 14.9 Å². The van der Waals surface area contributed by atoms with Crippen molar-refractivity contribution in [2.24, 2.45) is 0 Å². The Balaban J connectivity index is 1.74. The molecule has 2 aromatic carbocycles. The number of carbonyl (C=O) groups excluding carboxylic acids is 3. The van der Waals surface area contributed by atoms with Gasteiger partial charge in [-0.25, -0.2) is 14.5 Å². The van der Waals surface area contributed by atoms with E-state index in [-0.39, 0.29) is 16.8 Å². The van der Waals surface area contributed by atoms with Gasteiger partial charge in [0.25, 0.3) is 11.8 Å². The predicted molar refractivity (Wildman–Crippen MR) is 118 cm³/mol. The molecule has 0 atom stereocenters. The van der Waals surface area contributed by atoms with E-state index in [1.54, 1.807) is 60.2 Å². The van der Waals surface area contributed by atoms with Gasteiger partial charge in [0.05, 0.1) is 11.3 Å². The molecule has 160 valence electrons. The van der Waals surface area contributed by atoms with Crippen molar-refractivity contribution in [3.05, 3.63) is 88.2 Å². The van der Waals surface area contributed by atoms with E-state index >= 15 is 0 Å². The van der Waals surface area contributed by atoms with Gasteiger partial charge in [0.1, 0.15) is 5.57 Å². The zero-order chi connectivity index (χ0) is 23.0. The number of halogens is 1. The number of aromatic carboxylic acids is 1. The van der Waals surface area contributed by atoms with Gasteiger partial charge in [0.15, 0.2) is 0 Å². The number of amides is 4. The average molecular weight is 450 g/mol. The van der Waals surface area contributed by atoms with Gasteiger partial charge in [0.2, 0.25) is 0 Å². The molecular formula is C23H16ClN3O5. The third-order valence-electron chi connectivity index (χ3n) is 5.05. The Labute approximate surface area is 187 Å². The van der Waals surface area contributed by atoms with Crippen LogP contribution >= 0.6 is 11.6 Å². The first-order valence-electron chi connectivity index (χ1n) is 9.45. The molecule has 2 heterocycles. The van der Waals surface area contributed by atoms with Gasteiger partial charge < -0.3 is 9.67 Å². The molecule has 9 heteroatoms. The molecule has 0 spiro atoms. The molecule has 0 radical (unpaired) electrons. The normalized spacial score (nSPS) is 15.2. The highest BCUT2D eigenvalue weighted by atomic mass is 35.5. The summed E-state index contributed by atoms with van der Waals surface area (Å²) in [7, 11) is 0. The van der Waals surface area contributed by atoms with Gasteiger partial charge in [-0.1, -0.05) is 17.7 Å². The topological polar surface area (TPSA) is 109 Å². The molecule has 1 saturated heterocycles. The van der Waals surface area contributed by atoms with Crippen LogP contribution in [0.5, 0.6) is 0 Å². The number of imide groups is 2. The number of hydrogen-bond acceptors (Lipinski definition) is 4. The number of hydrogen-bond donors (Lipinski definition) is 2. The predicted octanol–water partition coefficient (Wildman–Crippen LogP) is 3.80. The minimum absolute atomic E-state index is 0.133. The van der Waals surface area contributed by atoms with Crippen LogP contribution in [0, 0.1) is 6.92 Å². The van der Waals surface area contributed by atoms with Gasteiger partial charge in [-0.2, -0.15) is 0 Å². The van der Waals surface area contributed by atoms with Crippen LogP contribution in [-0.4, -0.2) is 33.5 Å². The second-order valence-electron chi connectivity index (χ2n) is 7.00. The second-order valence-corrected chi connectivity index (χ2v) is 7.40. The lowest BCUT2D eigenvalue weighted by Gasteiger charge is -2.27. The third kappa shape index (κ3) is 3.67. The molecule has 1 aromatic heterocycles. The fourth-order valence-corrected chi connectivity index (χ4v) is 3.54. The maximum atomic E-state index is 13.2. The van der Waals surface area contributed by atoms with Crippen LogP contribution in [0.25, 0.3) is 11.8 Å². The number of carboxylic acids is 1. The lowest BCUT2D eigenvalue weighted by Crippen LogP contribution is -2.54. The first-order chi connectivity index (χ1) is 15.3. The monoisotopic (exact) mass is 449 g/mol. The molecule has 32 heavy (non-hydrogen) atoms. The summed E-state index contributed by atoms with van der Waals surface area (Å²) >= 11 is 6.14. The summed E-state index contributed by atoms with van der Waals surface area (Å²) < 4.78 is 1.69. The maximum Gasteiger partial charge on any atom is 0.335 e. The van der Waals surface area contributed by atoms with Crippen molar-refractivity contribution in [3.8, 4) is 5.69 Å². The van der Waals surface area contributed by atoms with Crippen molar-refractivity contribution in [2.75, 3.05) is 4.90 Å². The SMILES string of the molecule is Cc1c(Cl)cccc1N1C(=O)NC(=O)/C(=C\c2cccn2-c2ccc(C(=O)O)cc2)C1=O. The lowest BCUT2D eigenvalue weighted by molar-refractivity contribution is -0.122. The Morgan fingerprint density at radius 2 is 1.75 bits per heavy atom. The largest absolute Gasteiger partial charge is 0.478 e. The van der Waals surface area contributed by atoms with Crippen LogP contribution in [0.4, 0.5) is 10.5 Å². The van der Waals surface area contributed by atoms with Crippen LogP contribution < -0.4 is 10.2 Å². The van der Waals surface area contributed by atoms with Crippen LogP contribution in [-0.2, 0) is 9.59 Å². The number of nitrogens with one attached hydrogen (secondary N) is 1. The molecule has 2 N–H and O–H groups in total. The molecule has 0 saturated carbocycles. The molecule has 8 nitrogen and oxygen atoms in total. The fourth-order valence-electron chi connectivity index (χ4n) is 3.37. The molecule has 0 bridgehead atoms. The van der Waals surface area contributed by atoms with Crippen LogP contribution in [0.3, 0.4) is 0 Å². The highest BCUT2D eigenvalue weighted by Crippen LogP contribution is 2.29. The summed E-state index contributed by atoms with van der Waals surface area (Å²) in [5.74, 6) is -2.64. The summed E-state index contributed by atoms with van der Waals surface area (Å²) in [5.41, 5.74) is 1.82. The summed E-state index contributed by atoms with van der Waals surface area (Å²) in [6, 6.07) is 13.5. The van der Waals surface area contributed by atoms with Crippen molar-refractivity contribution < 1.29 is 24.3 Å². The van der Waals surface area contributed by atoms with Gasteiger partial charge in [-0.15, -0.1) is 0 Å². The summed E-state index contributed by atoms with van der Waals surface area (Å²) in [6.07, 6.45) is 3.08. The Hall–Kier alpha value is -4.17. The van der Waals surface area contributed by atoms with E-state index in [9.17, 15) is 19.2 Å². The van der Waals surface area contributed by atoms with Crippen molar-refractivity contribution in [2.45, 2.75) is 6.92 Å². The molecule has 1 aliphatic heterocycles. The standard InChI is InChI=1S/C23H16ClN3O5/c1-13-18(24)5-2-6-19(13)27-21(29)17(20(28)25-23(27)32)12-16-4-3-11-26(16)15-9-7-14(8-10-15)22(30)31/h2-12H,1H3,(H,30,31)(H,25,28,32)/b17-12+. The Morgan fingerprint density at radius 1 is 1.03 bits per heavy atom. The van der Waals surface area contributed by atoms with Crippen LogP contribution in [0.2, 0.25) is 5.02 Å². The van der Waals surface area contributed by atoms with E-state index in [1.807, 2.05) is 0 Å². The van der Waals surface area contributed by atoms with E-state index in [4.69, 9.17) is 16.7 Å². The highest BCUT2D eigenvalue weighted by Gasteiger charge is 2.37. The number of rotatable bonds is 4. The van der Waals surface area contributed by atoms with Gasteiger partial charge >= 0.3 is 12.0 Å². The maximum absolute atomic E-state index is 13.2. The molecule has 0 unspecified atom stereocenters. The molecule has 3 aromatic rings. The Morgan fingerprint density at radius 3 is 2.44 bits per heavy atom. The zero-order valence-corrected chi connectivity index (χ0v) is 17.5. The van der Waals surface area contributed by atoms with Crippen molar-refractivity contribution in [1.29, 1.82) is 0 Å². The lowest BCUT2D eigenvalue weighted by atomic mass is 10.1. The first-order valence-corrected chi connectivity index (χ1v) is 9.83. The smallest absolute Gasteiger partial charge is 0.335 e. The third-order valence-corrected chi connectivity index (χ3v) is 5.46. The van der Waals surface area contributed by atoms with Crippen LogP contribution in [0.15, 0.2) is 66.4 Å².